The Morgan fingerprint density at radius 2 is 2.00 bits per heavy atom. The van der Waals surface area contributed by atoms with E-state index in [4.69, 9.17) is 4.84 Å². The van der Waals surface area contributed by atoms with Gasteiger partial charge in [0, 0.05) is 6.92 Å². The molecule has 0 aliphatic rings. The zero-order chi connectivity index (χ0) is 15.2. The molecule has 2 rings (SSSR count). The van der Waals surface area contributed by atoms with E-state index in [9.17, 15) is 9.18 Å². The molecular weight excluding hydrogens is 275 g/mol. The van der Waals surface area contributed by atoms with Crippen molar-refractivity contribution in [1.82, 2.24) is 9.97 Å². The predicted molar refractivity (Wildman–Crippen MR) is 75.6 cm³/mol. The minimum atomic E-state index is -0.749. The third kappa shape index (κ3) is 4.07. The normalized spacial score (nSPS) is 11.1. The van der Waals surface area contributed by atoms with Gasteiger partial charge in [-0.15, -0.1) is 0 Å². The van der Waals surface area contributed by atoms with Gasteiger partial charge in [0.2, 0.25) is 5.91 Å². The summed E-state index contributed by atoms with van der Waals surface area (Å²) in [5, 5.41) is 6.11. The van der Waals surface area contributed by atoms with Crippen molar-refractivity contribution < 1.29 is 14.0 Å². The molecule has 1 N–H and O–H groups in total. The molecule has 1 aromatic heterocycles. The highest BCUT2D eigenvalue weighted by molar-refractivity contribution is 5.98. The second-order valence-corrected chi connectivity index (χ2v) is 4.16. The summed E-state index contributed by atoms with van der Waals surface area (Å²) in [6, 6.07) is 9.22. The first-order valence-electron chi connectivity index (χ1n) is 6.13. The Morgan fingerprint density at radius 3 is 2.67 bits per heavy atom. The lowest BCUT2D eigenvalue weighted by atomic mass is 10.1. The van der Waals surface area contributed by atoms with Gasteiger partial charge in [0.25, 0.3) is 0 Å². The van der Waals surface area contributed by atoms with Crippen LogP contribution in [0.4, 0.5) is 10.2 Å². The number of oxime groups is 1. The summed E-state index contributed by atoms with van der Waals surface area (Å²) in [5.74, 6) is -1.44. The fourth-order valence-electron chi connectivity index (χ4n) is 1.49. The SMILES string of the molecule is CC(=O)Nc1nc(O/N=C(\C)c2ccccc2)ncc1F. The number of nitrogens with zero attached hydrogens (tertiary/aromatic N) is 3. The summed E-state index contributed by atoms with van der Waals surface area (Å²) in [5.41, 5.74) is 1.49. The molecule has 0 bridgehead atoms. The van der Waals surface area contributed by atoms with E-state index in [2.05, 4.69) is 20.4 Å². The summed E-state index contributed by atoms with van der Waals surface area (Å²) in [6.07, 6.45) is 0.904. The average Bonchev–Trinajstić information content (AvgIpc) is 2.48. The van der Waals surface area contributed by atoms with Crippen molar-refractivity contribution in [3.05, 3.63) is 47.9 Å². The van der Waals surface area contributed by atoms with E-state index >= 15 is 0 Å². The minimum Gasteiger partial charge on any atom is -0.315 e. The van der Waals surface area contributed by atoms with Gasteiger partial charge >= 0.3 is 6.01 Å². The number of carbonyl (C=O) groups is 1. The van der Waals surface area contributed by atoms with E-state index < -0.39 is 11.7 Å². The van der Waals surface area contributed by atoms with Crippen LogP contribution in [-0.2, 0) is 4.79 Å². The van der Waals surface area contributed by atoms with Crippen LogP contribution in [0.2, 0.25) is 0 Å². The monoisotopic (exact) mass is 288 g/mol. The molecule has 1 amide bonds. The lowest BCUT2D eigenvalue weighted by Gasteiger charge is -2.04. The fraction of sp³-hybridized carbons (Fsp3) is 0.143. The third-order valence-electron chi connectivity index (χ3n) is 2.47. The van der Waals surface area contributed by atoms with E-state index in [0.717, 1.165) is 11.8 Å². The molecule has 0 fully saturated rings. The van der Waals surface area contributed by atoms with E-state index in [-0.39, 0.29) is 11.8 Å². The molecule has 1 heterocycles. The van der Waals surface area contributed by atoms with Gasteiger partial charge in [-0.1, -0.05) is 35.5 Å². The minimum absolute atomic E-state index is 0.157. The molecule has 1 aromatic carbocycles. The molecule has 0 aliphatic carbocycles. The Morgan fingerprint density at radius 1 is 1.29 bits per heavy atom. The first kappa shape index (κ1) is 14.6. The summed E-state index contributed by atoms with van der Waals surface area (Å²) >= 11 is 0. The summed E-state index contributed by atoms with van der Waals surface area (Å²) in [4.78, 5) is 23.3. The van der Waals surface area contributed by atoms with Crippen LogP contribution in [-0.4, -0.2) is 21.6 Å². The second-order valence-electron chi connectivity index (χ2n) is 4.16. The predicted octanol–water partition coefficient (Wildman–Crippen LogP) is 2.38. The van der Waals surface area contributed by atoms with Crippen LogP contribution in [0.25, 0.3) is 0 Å². The second kappa shape index (κ2) is 6.56. The molecule has 0 saturated carbocycles. The molecule has 0 spiro atoms. The summed E-state index contributed by atoms with van der Waals surface area (Å²) in [7, 11) is 0. The molecular formula is C14H13FN4O2. The van der Waals surface area contributed by atoms with Gasteiger partial charge < -0.3 is 10.2 Å². The number of hydrogen-bond donors (Lipinski definition) is 1. The first-order chi connectivity index (χ1) is 10.1. The fourth-order valence-corrected chi connectivity index (χ4v) is 1.49. The maximum atomic E-state index is 13.4. The Labute approximate surface area is 120 Å². The smallest absolute Gasteiger partial charge is 0.315 e. The van der Waals surface area contributed by atoms with E-state index in [0.29, 0.717) is 5.71 Å². The first-order valence-corrected chi connectivity index (χ1v) is 6.13. The Kier molecular flexibility index (Phi) is 4.55. The zero-order valence-corrected chi connectivity index (χ0v) is 11.5. The number of rotatable bonds is 4. The molecule has 21 heavy (non-hydrogen) atoms. The van der Waals surface area contributed by atoms with E-state index in [1.54, 1.807) is 6.92 Å². The van der Waals surface area contributed by atoms with Crippen molar-refractivity contribution in [1.29, 1.82) is 0 Å². The lowest BCUT2D eigenvalue weighted by Crippen LogP contribution is -2.10. The van der Waals surface area contributed by atoms with E-state index in [1.807, 2.05) is 30.3 Å². The molecule has 0 saturated heterocycles. The van der Waals surface area contributed by atoms with Gasteiger partial charge in [0.1, 0.15) is 0 Å². The number of hydrogen-bond acceptors (Lipinski definition) is 5. The Hall–Kier alpha value is -2.83. The highest BCUT2D eigenvalue weighted by atomic mass is 19.1. The molecule has 0 atom stereocenters. The molecule has 0 aliphatic heterocycles. The average molecular weight is 288 g/mol. The van der Waals surface area contributed by atoms with Crippen LogP contribution < -0.4 is 10.2 Å². The maximum absolute atomic E-state index is 13.4. The van der Waals surface area contributed by atoms with Crippen molar-refractivity contribution in [2.45, 2.75) is 13.8 Å². The van der Waals surface area contributed by atoms with Crippen molar-refractivity contribution >= 4 is 17.4 Å². The molecule has 108 valence electrons. The largest absolute Gasteiger partial charge is 0.347 e. The van der Waals surface area contributed by atoms with Crippen LogP contribution in [0.5, 0.6) is 6.01 Å². The van der Waals surface area contributed by atoms with Gasteiger partial charge in [-0.05, 0) is 12.5 Å². The third-order valence-corrected chi connectivity index (χ3v) is 2.47. The van der Waals surface area contributed by atoms with E-state index in [1.165, 1.54) is 6.92 Å². The van der Waals surface area contributed by atoms with Crippen molar-refractivity contribution in [3.8, 4) is 6.01 Å². The Balaban J connectivity index is 2.15. The number of anilines is 1. The number of amides is 1. The molecule has 6 nitrogen and oxygen atoms in total. The van der Waals surface area contributed by atoms with Crippen LogP contribution in [0, 0.1) is 5.82 Å². The van der Waals surface area contributed by atoms with Crippen molar-refractivity contribution in [3.63, 3.8) is 0 Å². The van der Waals surface area contributed by atoms with Gasteiger partial charge in [0.15, 0.2) is 11.6 Å². The number of carbonyl (C=O) groups excluding carboxylic acids is 1. The van der Waals surface area contributed by atoms with Crippen molar-refractivity contribution in [2.75, 3.05) is 5.32 Å². The number of aromatic nitrogens is 2. The van der Waals surface area contributed by atoms with Crippen LogP contribution in [0.15, 0.2) is 41.7 Å². The highest BCUT2D eigenvalue weighted by Crippen LogP contribution is 2.13. The van der Waals surface area contributed by atoms with Crippen LogP contribution in [0.1, 0.15) is 19.4 Å². The van der Waals surface area contributed by atoms with Crippen molar-refractivity contribution in [2.24, 2.45) is 5.16 Å². The number of halogens is 1. The quantitative estimate of drug-likeness (QED) is 0.692. The van der Waals surface area contributed by atoms with Gasteiger partial charge in [-0.2, -0.15) is 9.97 Å². The molecule has 0 unspecified atom stereocenters. The summed E-state index contributed by atoms with van der Waals surface area (Å²) < 4.78 is 13.4. The Bertz CT molecular complexity index is 674. The standard InChI is InChI=1S/C14H13FN4O2/c1-9(11-6-4-3-5-7-11)19-21-14-16-8-12(15)13(18-14)17-10(2)20/h3-8H,1-2H3,(H,16,17,18,20)/b19-9+. The van der Waals surface area contributed by atoms with Gasteiger partial charge in [0.05, 0.1) is 11.9 Å². The van der Waals surface area contributed by atoms with Gasteiger partial charge in [-0.3, -0.25) is 4.79 Å². The van der Waals surface area contributed by atoms with Crippen LogP contribution >= 0.6 is 0 Å². The number of benzene rings is 1. The van der Waals surface area contributed by atoms with Crippen LogP contribution in [0.3, 0.4) is 0 Å². The lowest BCUT2D eigenvalue weighted by molar-refractivity contribution is -0.114. The zero-order valence-electron chi connectivity index (χ0n) is 11.5. The highest BCUT2D eigenvalue weighted by Gasteiger charge is 2.09. The number of nitrogens with one attached hydrogen (secondary N) is 1. The maximum Gasteiger partial charge on any atom is 0.347 e. The molecule has 7 heteroatoms. The molecule has 2 aromatic rings. The summed E-state index contributed by atoms with van der Waals surface area (Å²) in [6.45, 7) is 3.01. The van der Waals surface area contributed by atoms with Gasteiger partial charge in [-0.25, -0.2) is 4.39 Å². The molecule has 0 radical (unpaired) electrons. The topological polar surface area (TPSA) is 76.5 Å².